The lowest BCUT2D eigenvalue weighted by molar-refractivity contribution is -0.0369. The van der Waals surface area contributed by atoms with E-state index in [4.69, 9.17) is 4.74 Å². The largest absolute Gasteiger partial charge is 0.508 e. The second-order valence-electron chi connectivity index (χ2n) is 6.76. The molecule has 0 bridgehead atoms. The summed E-state index contributed by atoms with van der Waals surface area (Å²) in [5.41, 5.74) is 1.22. The molecule has 1 aliphatic heterocycles. The minimum absolute atomic E-state index is 0.268. The molecule has 0 radical (unpaired) electrons. The molecule has 1 aromatic rings. The first kappa shape index (κ1) is 17.2. The molecule has 1 heterocycles. The summed E-state index contributed by atoms with van der Waals surface area (Å²) in [5, 5.41) is 13.6. The Labute approximate surface area is 147 Å². The lowest BCUT2D eigenvalue weighted by Crippen LogP contribution is -2.59. The molecule has 1 aliphatic carbocycles. The monoisotopic (exact) mass is 382 g/mol. The van der Waals surface area contributed by atoms with E-state index >= 15 is 0 Å². The van der Waals surface area contributed by atoms with Crippen LogP contribution in [0.15, 0.2) is 22.7 Å². The predicted molar refractivity (Wildman–Crippen MR) is 95.7 cm³/mol. The van der Waals surface area contributed by atoms with Gasteiger partial charge in [0, 0.05) is 41.8 Å². The van der Waals surface area contributed by atoms with E-state index in [1.807, 2.05) is 12.1 Å². The average Bonchev–Trinajstić information content (AvgIpc) is 2.60. The highest BCUT2D eigenvalue weighted by atomic mass is 79.9. The number of hydrogen-bond donors (Lipinski definition) is 2. The molecule has 128 valence electrons. The normalized spacial score (nSPS) is 22.1. The van der Waals surface area contributed by atoms with Gasteiger partial charge in [-0.3, -0.25) is 4.90 Å². The minimum Gasteiger partial charge on any atom is -0.508 e. The van der Waals surface area contributed by atoms with Crippen molar-refractivity contribution in [1.82, 2.24) is 10.2 Å². The van der Waals surface area contributed by atoms with E-state index in [1.54, 1.807) is 6.07 Å². The molecule has 0 unspecified atom stereocenters. The summed E-state index contributed by atoms with van der Waals surface area (Å²) in [6, 6.07) is 5.61. The summed E-state index contributed by atoms with van der Waals surface area (Å²) in [7, 11) is 0. The van der Waals surface area contributed by atoms with Crippen molar-refractivity contribution in [3.63, 3.8) is 0 Å². The van der Waals surface area contributed by atoms with E-state index in [1.165, 1.54) is 32.1 Å². The Hall–Kier alpha value is -0.620. The van der Waals surface area contributed by atoms with Gasteiger partial charge in [0.1, 0.15) is 5.75 Å². The Morgan fingerprint density at radius 2 is 1.91 bits per heavy atom. The summed E-state index contributed by atoms with van der Waals surface area (Å²) in [6.07, 6.45) is 6.54. The summed E-state index contributed by atoms with van der Waals surface area (Å²) >= 11 is 3.48. The van der Waals surface area contributed by atoms with E-state index in [-0.39, 0.29) is 5.54 Å². The fourth-order valence-corrected chi connectivity index (χ4v) is 4.39. The van der Waals surface area contributed by atoms with Gasteiger partial charge in [0.15, 0.2) is 0 Å². The quantitative estimate of drug-likeness (QED) is 0.819. The van der Waals surface area contributed by atoms with Crippen LogP contribution in [0.4, 0.5) is 0 Å². The zero-order chi connectivity index (χ0) is 16.1. The number of nitrogens with zero attached hydrogens (tertiary/aromatic N) is 1. The molecular formula is C18H27BrN2O2. The third-order valence-corrected chi connectivity index (χ3v) is 5.77. The first-order valence-electron chi connectivity index (χ1n) is 8.71. The summed E-state index contributed by atoms with van der Waals surface area (Å²) in [4.78, 5) is 2.64. The van der Waals surface area contributed by atoms with Gasteiger partial charge in [-0.1, -0.05) is 35.2 Å². The van der Waals surface area contributed by atoms with Crippen LogP contribution in [0, 0.1) is 0 Å². The van der Waals surface area contributed by atoms with Gasteiger partial charge in [-0.15, -0.1) is 0 Å². The van der Waals surface area contributed by atoms with Gasteiger partial charge in [0.2, 0.25) is 0 Å². The number of morpholine rings is 1. The molecule has 23 heavy (non-hydrogen) atoms. The Balaban J connectivity index is 1.63. The van der Waals surface area contributed by atoms with Crippen molar-refractivity contribution >= 4 is 15.9 Å². The lowest BCUT2D eigenvalue weighted by Gasteiger charge is -2.48. The molecule has 0 aromatic heterocycles. The second-order valence-corrected chi connectivity index (χ2v) is 7.68. The topological polar surface area (TPSA) is 44.7 Å². The Morgan fingerprint density at radius 1 is 1.17 bits per heavy atom. The highest BCUT2D eigenvalue weighted by Crippen LogP contribution is 2.34. The number of halogens is 1. The number of ether oxygens (including phenoxy) is 1. The molecule has 2 fully saturated rings. The Bertz CT molecular complexity index is 512. The zero-order valence-electron chi connectivity index (χ0n) is 13.7. The van der Waals surface area contributed by atoms with Crippen molar-refractivity contribution in [1.29, 1.82) is 0 Å². The van der Waals surface area contributed by atoms with Gasteiger partial charge < -0.3 is 15.2 Å². The first-order chi connectivity index (χ1) is 11.2. The smallest absolute Gasteiger partial charge is 0.120 e. The second kappa shape index (κ2) is 7.97. The van der Waals surface area contributed by atoms with E-state index in [0.29, 0.717) is 12.3 Å². The van der Waals surface area contributed by atoms with Gasteiger partial charge in [0.05, 0.1) is 13.2 Å². The third-order valence-electron chi connectivity index (χ3n) is 5.28. The highest BCUT2D eigenvalue weighted by molar-refractivity contribution is 9.10. The van der Waals surface area contributed by atoms with E-state index < -0.39 is 0 Å². The maximum atomic E-state index is 10.00. The van der Waals surface area contributed by atoms with E-state index in [0.717, 1.165) is 42.9 Å². The Kier molecular flexibility index (Phi) is 5.96. The predicted octanol–water partition coefficient (Wildman–Crippen LogP) is 3.28. The van der Waals surface area contributed by atoms with Gasteiger partial charge in [-0.2, -0.15) is 0 Å². The van der Waals surface area contributed by atoms with Crippen molar-refractivity contribution in [3.05, 3.63) is 28.2 Å². The maximum Gasteiger partial charge on any atom is 0.120 e. The van der Waals surface area contributed by atoms with Gasteiger partial charge in [-0.25, -0.2) is 0 Å². The molecule has 1 aromatic carbocycles. The molecular weight excluding hydrogens is 356 g/mol. The molecule has 1 saturated heterocycles. The fraction of sp³-hybridized carbons (Fsp3) is 0.667. The molecule has 0 amide bonds. The lowest BCUT2D eigenvalue weighted by atomic mass is 9.79. The van der Waals surface area contributed by atoms with Gasteiger partial charge >= 0.3 is 0 Å². The van der Waals surface area contributed by atoms with Gasteiger partial charge in [-0.05, 0) is 31.0 Å². The van der Waals surface area contributed by atoms with Crippen LogP contribution in [0.25, 0.3) is 0 Å². The van der Waals surface area contributed by atoms with Crippen molar-refractivity contribution in [2.75, 3.05) is 32.8 Å². The third kappa shape index (κ3) is 4.27. The van der Waals surface area contributed by atoms with Crippen LogP contribution in [0.5, 0.6) is 5.75 Å². The fourth-order valence-electron chi connectivity index (χ4n) is 3.98. The van der Waals surface area contributed by atoms with Crippen molar-refractivity contribution in [2.24, 2.45) is 0 Å². The standard InChI is InChI=1S/C18H27BrN2O2/c19-16-4-5-17(22)15(12-16)13-20-14-18(6-2-1-3-7-18)21-8-10-23-11-9-21/h4-5,12,20,22H,1-3,6-11,13-14H2. The SMILES string of the molecule is Oc1ccc(Br)cc1CNCC1(N2CCOCC2)CCCCC1. The summed E-state index contributed by atoms with van der Waals surface area (Å²) in [6.45, 7) is 5.49. The molecule has 3 rings (SSSR count). The van der Waals surface area contributed by atoms with Crippen LogP contribution in [-0.4, -0.2) is 48.4 Å². The average molecular weight is 383 g/mol. The first-order valence-corrected chi connectivity index (χ1v) is 9.50. The maximum absolute atomic E-state index is 10.00. The van der Waals surface area contributed by atoms with E-state index in [2.05, 4.69) is 26.1 Å². The minimum atomic E-state index is 0.268. The molecule has 2 N–H and O–H groups in total. The van der Waals surface area contributed by atoms with Crippen LogP contribution in [0.3, 0.4) is 0 Å². The number of phenols is 1. The van der Waals surface area contributed by atoms with Crippen LogP contribution in [0.2, 0.25) is 0 Å². The van der Waals surface area contributed by atoms with Crippen LogP contribution < -0.4 is 5.32 Å². The van der Waals surface area contributed by atoms with Crippen molar-refractivity contribution in [2.45, 2.75) is 44.2 Å². The molecule has 1 saturated carbocycles. The van der Waals surface area contributed by atoms with Crippen LogP contribution >= 0.6 is 15.9 Å². The summed E-state index contributed by atoms with van der Waals surface area (Å²) in [5.74, 6) is 0.366. The van der Waals surface area contributed by atoms with Crippen LogP contribution in [0.1, 0.15) is 37.7 Å². The number of benzene rings is 1. The highest BCUT2D eigenvalue weighted by Gasteiger charge is 2.38. The Morgan fingerprint density at radius 3 is 2.65 bits per heavy atom. The van der Waals surface area contributed by atoms with Gasteiger partial charge in [0.25, 0.3) is 0 Å². The molecule has 2 aliphatic rings. The van der Waals surface area contributed by atoms with Crippen LogP contribution in [-0.2, 0) is 11.3 Å². The zero-order valence-corrected chi connectivity index (χ0v) is 15.3. The molecule has 5 heteroatoms. The molecule has 0 spiro atoms. The summed E-state index contributed by atoms with van der Waals surface area (Å²) < 4.78 is 6.54. The molecule has 4 nitrogen and oxygen atoms in total. The number of nitrogens with one attached hydrogen (secondary N) is 1. The van der Waals surface area contributed by atoms with Crippen molar-refractivity contribution < 1.29 is 9.84 Å². The number of hydrogen-bond acceptors (Lipinski definition) is 4. The number of rotatable bonds is 5. The van der Waals surface area contributed by atoms with E-state index in [9.17, 15) is 5.11 Å². The molecule has 0 atom stereocenters. The van der Waals surface area contributed by atoms with Crippen molar-refractivity contribution in [3.8, 4) is 5.75 Å². The number of phenolic OH excluding ortho intramolecular Hbond substituents is 1. The number of aromatic hydroxyl groups is 1.